The van der Waals surface area contributed by atoms with E-state index in [-0.39, 0.29) is 0 Å². The molecule has 0 aliphatic carbocycles. The molecule has 3 fully saturated rings. The minimum atomic E-state index is 0.694. The fourth-order valence-electron chi connectivity index (χ4n) is 2.02. The van der Waals surface area contributed by atoms with E-state index in [1.807, 2.05) is 0 Å². The van der Waals surface area contributed by atoms with Gasteiger partial charge in [0.05, 0.1) is 0 Å². The molecule has 0 aromatic rings. The molecule has 0 aromatic heterocycles. The molecule has 3 saturated heterocycles. The van der Waals surface area contributed by atoms with Crippen LogP contribution >= 0.6 is 0 Å². The van der Waals surface area contributed by atoms with Gasteiger partial charge in [0.25, 0.3) is 0 Å². The van der Waals surface area contributed by atoms with E-state index in [1.165, 1.54) is 6.42 Å². The van der Waals surface area contributed by atoms with Crippen LogP contribution in [0.25, 0.3) is 0 Å². The Morgan fingerprint density at radius 3 is 2.64 bits per heavy atom. The number of nitrogens with zero attached hydrogens (tertiary/aromatic N) is 1. The van der Waals surface area contributed by atoms with Crippen LogP contribution in [0.2, 0.25) is 0 Å². The van der Waals surface area contributed by atoms with Crippen molar-refractivity contribution in [3.8, 4) is 0 Å². The first-order valence-corrected chi connectivity index (χ1v) is 4.30. The molecule has 2 atom stereocenters. The number of nitrogens with one attached hydrogen (secondary N) is 1. The molecule has 3 rings (SSSR count). The van der Waals surface area contributed by atoms with Gasteiger partial charge in [-0.3, -0.25) is 4.90 Å². The van der Waals surface area contributed by atoms with Crippen LogP contribution in [-0.4, -0.2) is 42.9 Å². The first-order chi connectivity index (χ1) is 5.38. The summed E-state index contributed by atoms with van der Waals surface area (Å²) in [6.45, 7) is 3.24. The van der Waals surface area contributed by atoms with Gasteiger partial charge >= 0.3 is 0 Å². The van der Waals surface area contributed by atoms with Crippen molar-refractivity contribution in [1.29, 1.82) is 0 Å². The maximum Gasteiger partial charge on any atom is 0.121 e. The van der Waals surface area contributed by atoms with Gasteiger partial charge in [-0.15, -0.1) is 0 Å². The number of carbonyl (C=O) groups excluding carboxylic acids is 1. The summed E-state index contributed by atoms with van der Waals surface area (Å²) in [4.78, 5) is 12.5. The molecule has 3 aliphatic rings. The molecule has 0 radical (unpaired) electrons. The Bertz CT molecular complexity index is 144. The third-order valence-electron chi connectivity index (χ3n) is 2.56. The number of hydrogen-bond acceptors (Lipinski definition) is 3. The van der Waals surface area contributed by atoms with E-state index in [2.05, 4.69) is 10.2 Å². The van der Waals surface area contributed by atoms with Crippen molar-refractivity contribution in [2.45, 2.75) is 24.9 Å². The summed E-state index contributed by atoms with van der Waals surface area (Å²) in [6.07, 6.45) is 3.05. The first-order valence-electron chi connectivity index (χ1n) is 4.30. The standard InChI is InChI=1S/C8H14N2O/c11-3-1-2-10-5-7-4-8(6-10)9-7/h3,7-9H,1-2,4-6H2. The molecule has 3 heterocycles. The minimum absolute atomic E-state index is 0.694. The normalized spacial score (nSPS) is 36.4. The molecule has 11 heavy (non-hydrogen) atoms. The number of aldehydes is 1. The Morgan fingerprint density at radius 1 is 1.45 bits per heavy atom. The van der Waals surface area contributed by atoms with Crippen molar-refractivity contribution in [3.63, 3.8) is 0 Å². The van der Waals surface area contributed by atoms with E-state index in [9.17, 15) is 4.79 Å². The Labute approximate surface area is 66.8 Å². The second-order valence-electron chi connectivity index (χ2n) is 3.51. The molecule has 0 aromatic carbocycles. The van der Waals surface area contributed by atoms with Crippen LogP contribution in [-0.2, 0) is 4.79 Å². The lowest BCUT2D eigenvalue weighted by molar-refractivity contribution is -0.108. The highest BCUT2D eigenvalue weighted by atomic mass is 16.1. The van der Waals surface area contributed by atoms with Crippen molar-refractivity contribution in [3.05, 3.63) is 0 Å². The zero-order chi connectivity index (χ0) is 7.68. The second kappa shape index (κ2) is 2.91. The number of piperidine rings is 1. The van der Waals surface area contributed by atoms with Gasteiger partial charge in [-0.1, -0.05) is 0 Å². The van der Waals surface area contributed by atoms with E-state index in [0.717, 1.165) is 38.0 Å². The highest BCUT2D eigenvalue weighted by Gasteiger charge is 2.35. The number of piperazine rings is 1. The van der Waals surface area contributed by atoms with Gasteiger partial charge in [0.2, 0.25) is 0 Å². The van der Waals surface area contributed by atoms with Gasteiger partial charge in [-0.25, -0.2) is 0 Å². The van der Waals surface area contributed by atoms with Crippen LogP contribution in [0.5, 0.6) is 0 Å². The predicted molar refractivity (Wildman–Crippen MR) is 42.4 cm³/mol. The summed E-state index contributed by atoms with van der Waals surface area (Å²) >= 11 is 0. The molecule has 1 N–H and O–H groups in total. The topological polar surface area (TPSA) is 32.3 Å². The van der Waals surface area contributed by atoms with Gasteiger partial charge in [0, 0.05) is 38.1 Å². The van der Waals surface area contributed by atoms with Gasteiger partial charge in [0.1, 0.15) is 6.29 Å². The third kappa shape index (κ3) is 1.44. The van der Waals surface area contributed by atoms with E-state index in [1.54, 1.807) is 0 Å². The van der Waals surface area contributed by atoms with Crippen molar-refractivity contribution >= 4 is 6.29 Å². The number of rotatable bonds is 3. The average molecular weight is 154 g/mol. The van der Waals surface area contributed by atoms with E-state index in [4.69, 9.17) is 0 Å². The fraction of sp³-hybridized carbons (Fsp3) is 0.875. The van der Waals surface area contributed by atoms with Gasteiger partial charge in [0.15, 0.2) is 0 Å². The minimum Gasteiger partial charge on any atom is -0.309 e. The lowest BCUT2D eigenvalue weighted by atomic mass is 9.91. The smallest absolute Gasteiger partial charge is 0.121 e. The molecule has 2 bridgehead atoms. The van der Waals surface area contributed by atoms with E-state index >= 15 is 0 Å². The van der Waals surface area contributed by atoms with Crippen LogP contribution in [0.15, 0.2) is 0 Å². The quantitative estimate of drug-likeness (QED) is 0.562. The Balaban J connectivity index is 1.74. The molecule has 0 saturated carbocycles. The van der Waals surface area contributed by atoms with Crippen LogP contribution in [0, 0.1) is 0 Å². The molecule has 62 valence electrons. The number of carbonyl (C=O) groups is 1. The lowest BCUT2D eigenvalue weighted by Gasteiger charge is -2.48. The second-order valence-corrected chi connectivity index (χ2v) is 3.51. The molecule has 3 aliphatic heterocycles. The third-order valence-corrected chi connectivity index (χ3v) is 2.56. The molecule has 0 spiro atoms. The lowest BCUT2D eigenvalue weighted by Crippen LogP contribution is -2.66. The van der Waals surface area contributed by atoms with Crippen molar-refractivity contribution in [2.24, 2.45) is 0 Å². The summed E-state index contributed by atoms with van der Waals surface area (Å²) in [7, 11) is 0. The highest BCUT2D eigenvalue weighted by Crippen LogP contribution is 2.20. The summed E-state index contributed by atoms with van der Waals surface area (Å²) in [5.74, 6) is 0. The first kappa shape index (κ1) is 7.25. The van der Waals surface area contributed by atoms with Crippen molar-refractivity contribution in [1.82, 2.24) is 10.2 Å². The molecule has 0 amide bonds. The number of hydrogen-bond donors (Lipinski definition) is 1. The van der Waals surface area contributed by atoms with Gasteiger partial charge < -0.3 is 10.1 Å². The maximum atomic E-state index is 10.1. The monoisotopic (exact) mass is 154 g/mol. The molecule has 3 nitrogen and oxygen atoms in total. The Hall–Kier alpha value is -0.410. The van der Waals surface area contributed by atoms with E-state index < -0.39 is 0 Å². The number of fused-ring (bicyclic) bond motifs is 2. The highest BCUT2D eigenvalue weighted by molar-refractivity contribution is 5.49. The van der Waals surface area contributed by atoms with E-state index in [0.29, 0.717) is 6.42 Å². The fourth-order valence-corrected chi connectivity index (χ4v) is 2.02. The summed E-state index contributed by atoms with van der Waals surface area (Å²) < 4.78 is 0. The van der Waals surface area contributed by atoms with Crippen LogP contribution in [0.1, 0.15) is 12.8 Å². The van der Waals surface area contributed by atoms with Crippen LogP contribution in [0.4, 0.5) is 0 Å². The molecular formula is C8H14N2O. The molecular weight excluding hydrogens is 140 g/mol. The summed E-state index contributed by atoms with van der Waals surface area (Å²) in [6, 6.07) is 1.45. The molecule has 3 heteroatoms. The largest absolute Gasteiger partial charge is 0.309 e. The van der Waals surface area contributed by atoms with Gasteiger partial charge in [-0.2, -0.15) is 0 Å². The van der Waals surface area contributed by atoms with Crippen molar-refractivity contribution in [2.75, 3.05) is 19.6 Å². The van der Waals surface area contributed by atoms with Crippen LogP contribution < -0.4 is 5.32 Å². The average Bonchev–Trinajstić information content (AvgIpc) is 2.00. The summed E-state index contributed by atoms with van der Waals surface area (Å²) in [5, 5.41) is 3.46. The Morgan fingerprint density at radius 2 is 2.09 bits per heavy atom. The van der Waals surface area contributed by atoms with Gasteiger partial charge in [-0.05, 0) is 6.42 Å². The zero-order valence-electron chi connectivity index (χ0n) is 6.62. The Kier molecular flexibility index (Phi) is 1.92. The van der Waals surface area contributed by atoms with Crippen molar-refractivity contribution < 1.29 is 4.79 Å². The maximum absolute atomic E-state index is 10.1. The SMILES string of the molecule is O=CCCN1CC2CC(C1)N2. The molecule has 2 unspecified atom stereocenters. The predicted octanol–water partition coefficient (Wildman–Crippen LogP) is -0.378. The van der Waals surface area contributed by atoms with Crippen LogP contribution in [0.3, 0.4) is 0 Å². The zero-order valence-corrected chi connectivity index (χ0v) is 6.62. The summed E-state index contributed by atoms with van der Waals surface area (Å²) in [5.41, 5.74) is 0.